The first kappa shape index (κ1) is 30.8. The number of benzene rings is 1. The molecule has 1 aromatic rings. The van der Waals surface area contributed by atoms with Crippen LogP contribution >= 0.6 is 24.8 Å². The van der Waals surface area contributed by atoms with Crippen molar-refractivity contribution >= 4 is 68.5 Å². The summed E-state index contributed by atoms with van der Waals surface area (Å²) in [7, 11) is -5.39. The van der Waals surface area contributed by atoms with E-state index in [4.69, 9.17) is 22.5 Å². The molecule has 0 spiro atoms. The highest BCUT2D eigenvalue weighted by Crippen LogP contribution is 2.30. The fraction of sp³-hybridized carbons (Fsp3) is 0.421. The van der Waals surface area contributed by atoms with Crippen LogP contribution in [-0.4, -0.2) is 62.5 Å². The van der Waals surface area contributed by atoms with Gasteiger partial charge in [0.25, 0.3) is 10.9 Å². The predicted molar refractivity (Wildman–Crippen MR) is 133 cm³/mol. The van der Waals surface area contributed by atoms with Gasteiger partial charge in [0.2, 0.25) is 11.8 Å². The molecule has 1 unspecified atom stereocenters. The molecule has 3 N–H and O–H groups in total. The van der Waals surface area contributed by atoms with Gasteiger partial charge in [-0.1, -0.05) is 25.0 Å². The number of phenolic OH excluding ortho intramolecular Hbond substituents is 1. The summed E-state index contributed by atoms with van der Waals surface area (Å²) in [5.74, 6) is -3.93. The highest BCUT2D eigenvalue weighted by molar-refractivity contribution is 7.96. The normalized spacial score (nSPS) is 14.6. The smallest absolute Gasteiger partial charge is 0.313 e. The number of ether oxygens (including phenoxy) is 1. The fourth-order valence-corrected chi connectivity index (χ4v) is 3.66. The molecule has 1 fully saturated rings. The van der Waals surface area contributed by atoms with Gasteiger partial charge in [-0.15, -0.1) is 12.6 Å². The second kappa shape index (κ2) is 13.2. The van der Waals surface area contributed by atoms with Gasteiger partial charge >= 0.3 is 10.1 Å². The first-order chi connectivity index (χ1) is 16.7. The van der Waals surface area contributed by atoms with Gasteiger partial charge in [-0.05, 0) is 29.9 Å². The average Bonchev–Trinajstić information content (AvgIpc) is 3.14. The van der Waals surface area contributed by atoms with Gasteiger partial charge in [0, 0.05) is 36.3 Å². The summed E-state index contributed by atoms with van der Waals surface area (Å²) in [5.41, 5.74) is 7.90. The number of azide groups is 1. The quantitative estimate of drug-likeness (QED) is 0.0656. The van der Waals surface area contributed by atoms with Crippen LogP contribution in [0.15, 0.2) is 23.3 Å². The molecule has 2 rings (SSSR count). The number of carbonyl (C=O) groups excluding carboxylic acids is 4. The van der Waals surface area contributed by atoms with Crippen molar-refractivity contribution in [3.8, 4) is 5.75 Å². The highest BCUT2D eigenvalue weighted by atomic mass is 32.2. The minimum absolute atomic E-state index is 0.0425. The van der Waals surface area contributed by atoms with Gasteiger partial charge in [-0.2, -0.15) is 8.42 Å². The van der Waals surface area contributed by atoms with E-state index in [0.717, 1.165) is 18.2 Å². The molecule has 1 aliphatic heterocycles. The molecule has 1 heterocycles. The van der Waals surface area contributed by atoms with E-state index in [2.05, 4.69) is 22.7 Å². The monoisotopic (exact) mass is 561 g/mol. The zero-order valence-electron chi connectivity index (χ0n) is 19.1. The number of nitrogens with zero attached hydrogens (tertiary/aromatic N) is 4. The molecule has 36 heavy (non-hydrogen) atoms. The summed E-state index contributed by atoms with van der Waals surface area (Å²) in [6.07, 6.45) is -0.00980. The lowest BCUT2D eigenvalue weighted by Crippen LogP contribution is -2.69. The Balaban J connectivity index is 0.00000118. The first-order valence-electron chi connectivity index (χ1n) is 10.1. The maximum atomic E-state index is 12.8. The molecule has 1 aliphatic rings. The van der Waals surface area contributed by atoms with Crippen molar-refractivity contribution in [2.24, 2.45) is 5.11 Å². The van der Waals surface area contributed by atoms with Crippen molar-refractivity contribution < 1.29 is 42.0 Å². The van der Waals surface area contributed by atoms with E-state index in [-0.39, 0.29) is 40.0 Å². The van der Waals surface area contributed by atoms with Gasteiger partial charge < -0.3 is 15.2 Å². The van der Waals surface area contributed by atoms with Gasteiger partial charge in [0.1, 0.15) is 12.4 Å². The van der Waals surface area contributed by atoms with Crippen LogP contribution in [0.5, 0.6) is 5.75 Å². The third kappa shape index (κ3) is 7.63. The van der Waals surface area contributed by atoms with Crippen LogP contribution in [0.1, 0.15) is 49.9 Å². The maximum Gasteiger partial charge on any atom is 0.313 e. The zero-order valence-corrected chi connectivity index (χ0v) is 21.6. The number of likely N-dealkylation sites (tertiary alicyclic amines) is 1. The van der Waals surface area contributed by atoms with Gasteiger partial charge in [0.15, 0.2) is 10.2 Å². The summed E-state index contributed by atoms with van der Waals surface area (Å²) in [6, 6.07) is 3.09. The Labute approximate surface area is 216 Å². The van der Waals surface area contributed by atoms with Crippen molar-refractivity contribution in [3.63, 3.8) is 0 Å². The van der Waals surface area contributed by atoms with Crippen LogP contribution in [0, 0.1) is 0 Å². The minimum atomic E-state index is -5.39. The first-order valence-corrected chi connectivity index (χ1v) is 12.4. The third-order valence-electron chi connectivity index (χ3n) is 4.55. The van der Waals surface area contributed by atoms with Crippen molar-refractivity contribution in [2.75, 3.05) is 6.61 Å². The number of amides is 3. The van der Waals surface area contributed by atoms with E-state index in [9.17, 15) is 37.3 Å². The molecule has 14 nitrogen and oxygen atoms in total. The van der Waals surface area contributed by atoms with Gasteiger partial charge in [0.05, 0.1) is 5.56 Å². The number of aromatic hydroxyl groups is 1. The van der Waals surface area contributed by atoms with Crippen LogP contribution in [0.4, 0.5) is 5.69 Å². The molecule has 17 heteroatoms. The lowest BCUT2D eigenvalue weighted by Gasteiger charge is -2.37. The topological polar surface area (TPSA) is 216 Å². The van der Waals surface area contributed by atoms with E-state index in [1.165, 1.54) is 0 Å². The van der Waals surface area contributed by atoms with Crippen molar-refractivity contribution in [1.29, 1.82) is 0 Å². The Kier molecular flexibility index (Phi) is 11.3. The third-order valence-corrected chi connectivity index (χ3v) is 6.53. The molecule has 1 saturated heterocycles. The van der Waals surface area contributed by atoms with E-state index in [1.807, 2.05) is 5.32 Å². The standard InChI is InChI=1S/C16H17N5O8S2.C3H6OS/c1-2-14(30)29-8-16(31(26,27)28,21-12(23)5-6-13(21)24)18-15(25)10-4-3-9(19-20-17)7-11(10)22;1-2-3(4)5/h3-4,7,22H,2,5-6,8H2,1H3,(H,18,25)(H,26,27,28);2H2,1H3,(H,4,5). The van der Waals surface area contributed by atoms with Crippen molar-refractivity contribution in [1.82, 2.24) is 10.2 Å². The molecule has 196 valence electrons. The SMILES string of the molecule is CCC(=O)S.CCC(=S)OCC(NC(=O)c1ccc(N=[N+]=[N-])cc1O)(N1C(=O)CCC1=O)S(=O)(=O)O. The molecule has 0 radical (unpaired) electrons. The molecule has 0 saturated carbocycles. The second-order valence-corrected chi connectivity index (χ2v) is 9.57. The molecule has 0 aliphatic carbocycles. The number of rotatable bonds is 9. The number of imide groups is 1. The Hall–Kier alpha value is -3.24. The summed E-state index contributed by atoms with van der Waals surface area (Å²) < 4.78 is 39.8. The number of hydrogen-bond donors (Lipinski definition) is 4. The number of thiocarbonyl (C=S) groups is 1. The second-order valence-electron chi connectivity index (χ2n) is 6.99. The minimum Gasteiger partial charge on any atom is -0.507 e. The maximum absolute atomic E-state index is 12.8. The number of thiol groups is 1. The van der Waals surface area contributed by atoms with Gasteiger partial charge in [-0.3, -0.25) is 23.7 Å². The predicted octanol–water partition coefficient (Wildman–Crippen LogP) is 2.36. The highest BCUT2D eigenvalue weighted by Gasteiger charge is 2.57. The van der Waals surface area contributed by atoms with E-state index in [0.29, 0.717) is 6.42 Å². The van der Waals surface area contributed by atoms with E-state index < -0.39 is 50.8 Å². The average molecular weight is 562 g/mol. The largest absolute Gasteiger partial charge is 0.507 e. The Morgan fingerprint density at radius 1 is 1.28 bits per heavy atom. The molecule has 0 aromatic heterocycles. The van der Waals surface area contributed by atoms with Crippen LogP contribution in [0.3, 0.4) is 0 Å². The van der Waals surface area contributed by atoms with Gasteiger partial charge in [-0.25, -0.2) is 4.90 Å². The Bertz CT molecular complexity index is 1200. The Morgan fingerprint density at radius 3 is 2.25 bits per heavy atom. The van der Waals surface area contributed by atoms with Crippen LogP contribution in [-0.2, 0) is 29.2 Å². The zero-order chi connectivity index (χ0) is 27.7. The number of nitrogens with one attached hydrogen (secondary N) is 1. The summed E-state index contributed by atoms with van der Waals surface area (Å²) >= 11 is 8.33. The number of carbonyl (C=O) groups is 4. The van der Waals surface area contributed by atoms with E-state index in [1.54, 1.807) is 13.8 Å². The van der Waals surface area contributed by atoms with Crippen LogP contribution < -0.4 is 5.32 Å². The van der Waals surface area contributed by atoms with E-state index >= 15 is 0 Å². The molecule has 1 aromatic carbocycles. The van der Waals surface area contributed by atoms with Crippen molar-refractivity contribution in [2.45, 2.75) is 44.5 Å². The lowest BCUT2D eigenvalue weighted by atomic mass is 10.1. The summed E-state index contributed by atoms with van der Waals surface area (Å²) in [6.45, 7) is 2.28. The number of hydrogen-bond acceptors (Lipinski definition) is 10. The fourth-order valence-electron chi connectivity index (χ4n) is 2.74. The van der Waals surface area contributed by atoms with Crippen LogP contribution in [0.25, 0.3) is 10.4 Å². The molecule has 3 amide bonds. The van der Waals surface area contributed by atoms with Crippen LogP contribution in [0.2, 0.25) is 0 Å². The number of phenols is 1. The molecule has 0 bridgehead atoms. The molecular weight excluding hydrogens is 538 g/mol. The lowest BCUT2D eigenvalue weighted by molar-refractivity contribution is -0.144. The molecule has 1 atom stereocenters. The Morgan fingerprint density at radius 2 is 1.83 bits per heavy atom. The van der Waals surface area contributed by atoms with Crippen molar-refractivity contribution in [3.05, 3.63) is 34.2 Å². The molecular formula is C19H23N5O9S3. The summed E-state index contributed by atoms with van der Waals surface area (Å²) in [4.78, 5) is 46.7. The summed E-state index contributed by atoms with van der Waals surface area (Å²) in [5, 5.41) is 15.1.